The lowest BCUT2D eigenvalue weighted by atomic mass is 10.3. The van der Waals surface area contributed by atoms with Gasteiger partial charge in [0.2, 0.25) is 11.2 Å². The summed E-state index contributed by atoms with van der Waals surface area (Å²) < 4.78 is 7.18. The van der Waals surface area contributed by atoms with Gasteiger partial charge in [-0.3, -0.25) is 4.68 Å². The predicted octanol–water partition coefficient (Wildman–Crippen LogP) is 1.97. The molecule has 0 aliphatic heterocycles. The molecule has 0 unspecified atom stereocenters. The lowest BCUT2D eigenvalue weighted by molar-refractivity contribution is 0.222. The van der Waals surface area contributed by atoms with Gasteiger partial charge in [0.1, 0.15) is 0 Å². The molecule has 0 aromatic carbocycles. The number of anilines is 1. The summed E-state index contributed by atoms with van der Waals surface area (Å²) in [6, 6.07) is 0.213. The molecule has 108 valence electrons. The van der Waals surface area contributed by atoms with Crippen molar-refractivity contribution >= 4 is 17.5 Å². The number of nitrogens with one attached hydrogen (secondary N) is 1. The van der Waals surface area contributed by atoms with Crippen molar-refractivity contribution in [3.63, 3.8) is 0 Å². The van der Waals surface area contributed by atoms with Crippen molar-refractivity contribution in [1.82, 2.24) is 24.7 Å². The molecule has 7 nitrogen and oxygen atoms in total. The van der Waals surface area contributed by atoms with Crippen LogP contribution in [0.1, 0.15) is 25.1 Å². The number of halogens is 1. The Morgan fingerprint density at radius 2 is 2.10 bits per heavy atom. The third kappa shape index (κ3) is 3.80. The Morgan fingerprint density at radius 1 is 1.35 bits per heavy atom. The minimum atomic E-state index is -0.0260. The quantitative estimate of drug-likeness (QED) is 0.909. The van der Waals surface area contributed by atoms with Crippen LogP contribution in [0.3, 0.4) is 0 Å². The van der Waals surface area contributed by atoms with Crippen LogP contribution in [0.4, 0.5) is 5.95 Å². The van der Waals surface area contributed by atoms with E-state index in [2.05, 4.69) is 25.4 Å². The van der Waals surface area contributed by atoms with Crippen LogP contribution in [0.5, 0.6) is 6.01 Å². The van der Waals surface area contributed by atoms with Crippen molar-refractivity contribution < 1.29 is 4.74 Å². The Balaban J connectivity index is 2.09. The average molecular weight is 297 g/mol. The van der Waals surface area contributed by atoms with Crippen LogP contribution in [-0.4, -0.2) is 30.8 Å². The number of ether oxygens (including phenoxy) is 1. The summed E-state index contributed by atoms with van der Waals surface area (Å²) in [6.45, 7) is 6.29. The molecule has 0 aliphatic rings. The van der Waals surface area contributed by atoms with Crippen molar-refractivity contribution in [2.75, 3.05) is 5.32 Å². The molecule has 0 saturated heterocycles. The van der Waals surface area contributed by atoms with Gasteiger partial charge in [-0.25, -0.2) is 0 Å². The molecule has 0 radical (unpaired) electrons. The highest BCUT2D eigenvalue weighted by molar-refractivity contribution is 6.28. The second kappa shape index (κ2) is 6.04. The van der Waals surface area contributed by atoms with E-state index >= 15 is 0 Å². The van der Waals surface area contributed by atoms with E-state index in [4.69, 9.17) is 16.3 Å². The van der Waals surface area contributed by atoms with Gasteiger partial charge < -0.3 is 10.1 Å². The van der Waals surface area contributed by atoms with Gasteiger partial charge in [-0.15, -0.1) is 0 Å². The Kier molecular flexibility index (Phi) is 4.39. The zero-order valence-electron chi connectivity index (χ0n) is 11.9. The van der Waals surface area contributed by atoms with E-state index in [1.807, 2.05) is 34.0 Å². The fourth-order valence-corrected chi connectivity index (χ4v) is 1.82. The molecule has 1 N–H and O–H groups in total. The zero-order chi connectivity index (χ0) is 14.7. The summed E-state index contributed by atoms with van der Waals surface area (Å²) in [7, 11) is 1.88. The summed E-state index contributed by atoms with van der Waals surface area (Å²) in [5.41, 5.74) is 2.02. The van der Waals surface area contributed by atoms with Crippen LogP contribution in [0.15, 0.2) is 6.20 Å². The van der Waals surface area contributed by atoms with E-state index in [0.717, 1.165) is 11.3 Å². The minimum Gasteiger partial charge on any atom is -0.461 e. The van der Waals surface area contributed by atoms with Crippen LogP contribution in [-0.2, 0) is 13.6 Å². The third-order valence-electron chi connectivity index (χ3n) is 2.48. The topological polar surface area (TPSA) is 77.8 Å². The van der Waals surface area contributed by atoms with Gasteiger partial charge >= 0.3 is 6.01 Å². The van der Waals surface area contributed by atoms with E-state index in [1.54, 1.807) is 4.68 Å². The first-order valence-corrected chi connectivity index (χ1v) is 6.63. The van der Waals surface area contributed by atoms with E-state index in [9.17, 15) is 0 Å². The standard InChI is InChI=1S/C12H17ClN6O/c1-7(2)20-12-16-10(13)15-11(17-12)14-5-9-6-19(4)18-8(9)3/h6-7H,5H2,1-4H3,(H,14,15,16,17). The first-order chi connectivity index (χ1) is 9.44. The summed E-state index contributed by atoms with van der Waals surface area (Å²) >= 11 is 5.85. The molecule has 0 bridgehead atoms. The number of aryl methyl sites for hydroxylation is 2. The molecule has 8 heteroatoms. The Morgan fingerprint density at radius 3 is 2.70 bits per heavy atom. The van der Waals surface area contributed by atoms with Crippen molar-refractivity contribution in [2.24, 2.45) is 7.05 Å². The van der Waals surface area contributed by atoms with Gasteiger partial charge in [-0.05, 0) is 32.4 Å². The van der Waals surface area contributed by atoms with Gasteiger partial charge in [0.25, 0.3) is 0 Å². The maximum atomic E-state index is 5.85. The number of aromatic nitrogens is 5. The second-order valence-electron chi connectivity index (χ2n) is 4.64. The summed E-state index contributed by atoms with van der Waals surface area (Å²) in [4.78, 5) is 12.1. The highest BCUT2D eigenvalue weighted by atomic mass is 35.5. The number of hydrogen-bond donors (Lipinski definition) is 1. The zero-order valence-corrected chi connectivity index (χ0v) is 12.6. The molecule has 2 aromatic rings. The molecule has 20 heavy (non-hydrogen) atoms. The Hall–Kier alpha value is -1.89. The van der Waals surface area contributed by atoms with Crippen molar-refractivity contribution in [3.8, 4) is 6.01 Å². The number of hydrogen-bond acceptors (Lipinski definition) is 6. The molecule has 0 spiro atoms. The van der Waals surface area contributed by atoms with Crippen LogP contribution in [0.2, 0.25) is 5.28 Å². The van der Waals surface area contributed by atoms with Crippen LogP contribution in [0, 0.1) is 6.92 Å². The maximum Gasteiger partial charge on any atom is 0.322 e. The van der Waals surface area contributed by atoms with Gasteiger partial charge in [-0.1, -0.05) is 0 Å². The highest BCUT2D eigenvalue weighted by Gasteiger charge is 2.09. The van der Waals surface area contributed by atoms with E-state index in [1.165, 1.54) is 0 Å². The third-order valence-corrected chi connectivity index (χ3v) is 2.65. The fraction of sp³-hybridized carbons (Fsp3) is 0.500. The van der Waals surface area contributed by atoms with Gasteiger partial charge in [0.05, 0.1) is 11.8 Å². The Bertz CT molecular complexity index is 598. The lowest BCUT2D eigenvalue weighted by Gasteiger charge is -2.09. The molecular formula is C12H17ClN6O. The predicted molar refractivity (Wildman–Crippen MR) is 75.9 cm³/mol. The summed E-state index contributed by atoms with van der Waals surface area (Å²) in [5, 5.41) is 7.46. The normalized spacial score (nSPS) is 10.9. The largest absolute Gasteiger partial charge is 0.461 e. The molecule has 0 amide bonds. The molecule has 0 fully saturated rings. The van der Waals surface area contributed by atoms with Crippen LogP contribution < -0.4 is 10.1 Å². The smallest absolute Gasteiger partial charge is 0.322 e. The summed E-state index contributed by atoms with van der Waals surface area (Å²) in [5.74, 6) is 0.379. The average Bonchev–Trinajstić information content (AvgIpc) is 2.63. The SMILES string of the molecule is Cc1nn(C)cc1CNc1nc(Cl)nc(OC(C)C)n1. The van der Waals surface area contributed by atoms with E-state index in [-0.39, 0.29) is 17.4 Å². The first-order valence-electron chi connectivity index (χ1n) is 6.25. The molecule has 0 atom stereocenters. The summed E-state index contributed by atoms with van der Waals surface area (Å²) in [6.07, 6.45) is 1.92. The lowest BCUT2D eigenvalue weighted by Crippen LogP contribution is -2.11. The number of nitrogens with zero attached hydrogens (tertiary/aromatic N) is 5. The molecule has 2 heterocycles. The van der Waals surface area contributed by atoms with Gasteiger partial charge in [-0.2, -0.15) is 20.1 Å². The molecule has 2 aromatic heterocycles. The number of rotatable bonds is 5. The molecule has 2 rings (SSSR count). The van der Waals surface area contributed by atoms with Crippen molar-refractivity contribution in [1.29, 1.82) is 0 Å². The van der Waals surface area contributed by atoms with Crippen LogP contribution in [0.25, 0.3) is 0 Å². The van der Waals surface area contributed by atoms with Crippen LogP contribution >= 0.6 is 11.6 Å². The minimum absolute atomic E-state index is 0.0260. The van der Waals surface area contributed by atoms with Gasteiger partial charge in [0.15, 0.2) is 0 Å². The monoisotopic (exact) mass is 296 g/mol. The molecular weight excluding hydrogens is 280 g/mol. The van der Waals surface area contributed by atoms with Crippen molar-refractivity contribution in [3.05, 3.63) is 22.7 Å². The second-order valence-corrected chi connectivity index (χ2v) is 4.98. The first kappa shape index (κ1) is 14.5. The van der Waals surface area contributed by atoms with E-state index in [0.29, 0.717) is 12.5 Å². The maximum absolute atomic E-state index is 5.85. The van der Waals surface area contributed by atoms with Crippen molar-refractivity contribution in [2.45, 2.75) is 33.4 Å². The molecule has 0 saturated carbocycles. The van der Waals surface area contributed by atoms with Gasteiger partial charge in [0, 0.05) is 25.4 Å². The molecule has 0 aliphatic carbocycles. The fourth-order valence-electron chi connectivity index (χ4n) is 1.67. The Labute approximate surface area is 122 Å². The highest BCUT2D eigenvalue weighted by Crippen LogP contribution is 2.14. The van der Waals surface area contributed by atoms with E-state index < -0.39 is 0 Å².